The Bertz CT molecular complexity index is 306. The second-order valence-electron chi connectivity index (χ2n) is 4.42. The molecule has 1 rings (SSSR count). The molecule has 0 heterocycles. The lowest BCUT2D eigenvalue weighted by Crippen LogP contribution is -2.28. The number of hydrogen-bond acceptors (Lipinski definition) is 2. The van der Waals surface area contributed by atoms with Crippen molar-refractivity contribution in [2.75, 3.05) is 13.2 Å². The number of nitrogens with two attached hydrogens (primary N) is 1. The van der Waals surface area contributed by atoms with Crippen LogP contribution in [0.5, 0.6) is 5.75 Å². The Hall–Kier alpha value is -0.540. The highest BCUT2D eigenvalue weighted by Gasteiger charge is 2.19. The maximum absolute atomic E-state index is 5.76. The van der Waals surface area contributed by atoms with Crippen LogP contribution in [-0.4, -0.2) is 13.2 Å². The van der Waals surface area contributed by atoms with E-state index >= 15 is 0 Å². The third kappa shape index (κ3) is 4.14. The Kier molecular flexibility index (Phi) is 5.29. The minimum atomic E-state index is 0.204. The van der Waals surface area contributed by atoms with E-state index in [4.69, 9.17) is 10.5 Å². The fourth-order valence-corrected chi connectivity index (χ4v) is 1.63. The van der Waals surface area contributed by atoms with Gasteiger partial charge in [0.15, 0.2) is 0 Å². The normalized spacial score (nSPS) is 14.5. The zero-order chi connectivity index (χ0) is 12.0. The predicted octanol–water partition coefficient (Wildman–Crippen LogP) is 3.59. The zero-order valence-electron chi connectivity index (χ0n) is 10.0. The van der Waals surface area contributed by atoms with Gasteiger partial charge in [-0.05, 0) is 49.1 Å². The average Bonchev–Trinajstić information content (AvgIpc) is 2.31. The summed E-state index contributed by atoms with van der Waals surface area (Å²) in [6.45, 7) is 5.82. The molecule has 3 heteroatoms. The van der Waals surface area contributed by atoms with Crippen molar-refractivity contribution in [2.24, 2.45) is 11.1 Å². The van der Waals surface area contributed by atoms with Gasteiger partial charge in [0.05, 0.1) is 6.61 Å². The lowest BCUT2D eigenvalue weighted by Gasteiger charge is -2.26. The van der Waals surface area contributed by atoms with Gasteiger partial charge in [-0.25, -0.2) is 0 Å². The van der Waals surface area contributed by atoms with Crippen LogP contribution in [0.4, 0.5) is 0 Å². The summed E-state index contributed by atoms with van der Waals surface area (Å²) in [5, 5.41) is 0. The fourth-order valence-electron chi connectivity index (χ4n) is 1.37. The van der Waals surface area contributed by atoms with Gasteiger partial charge in [-0.1, -0.05) is 29.8 Å². The van der Waals surface area contributed by atoms with Crippen molar-refractivity contribution in [1.29, 1.82) is 0 Å². The van der Waals surface area contributed by atoms with Gasteiger partial charge >= 0.3 is 0 Å². The summed E-state index contributed by atoms with van der Waals surface area (Å²) in [6, 6.07) is 7.90. The van der Waals surface area contributed by atoms with Gasteiger partial charge in [0.25, 0.3) is 0 Å². The van der Waals surface area contributed by atoms with E-state index in [0.717, 1.165) is 29.7 Å². The van der Waals surface area contributed by atoms with Crippen molar-refractivity contribution in [3.05, 3.63) is 28.7 Å². The molecule has 0 aliphatic carbocycles. The second kappa shape index (κ2) is 6.26. The predicted molar refractivity (Wildman–Crippen MR) is 71.7 cm³/mol. The van der Waals surface area contributed by atoms with Crippen LogP contribution in [0.1, 0.15) is 26.7 Å². The first-order chi connectivity index (χ1) is 7.59. The second-order valence-corrected chi connectivity index (χ2v) is 5.34. The molecule has 0 saturated heterocycles. The van der Waals surface area contributed by atoms with E-state index in [9.17, 15) is 0 Å². The summed E-state index contributed by atoms with van der Waals surface area (Å²) in [5.41, 5.74) is 5.96. The third-order valence-electron chi connectivity index (χ3n) is 3.13. The topological polar surface area (TPSA) is 35.2 Å². The summed E-state index contributed by atoms with van der Waals surface area (Å²) in [6.07, 6.45) is 2.09. The van der Waals surface area contributed by atoms with E-state index in [2.05, 4.69) is 29.8 Å². The van der Waals surface area contributed by atoms with Crippen LogP contribution < -0.4 is 10.5 Å². The molecule has 1 unspecified atom stereocenters. The van der Waals surface area contributed by atoms with Crippen LogP contribution >= 0.6 is 15.9 Å². The molecule has 0 aliphatic rings. The highest BCUT2D eigenvalue weighted by atomic mass is 79.9. The fraction of sp³-hybridized carbons (Fsp3) is 0.538. The Balaban J connectivity index is 2.38. The molecule has 0 saturated carbocycles. The maximum atomic E-state index is 5.76. The number of benzene rings is 1. The molecular weight excluding hydrogens is 266 g/mol. The molecule has 0 fully saturated rings. The molecule has 1 aromatic carbocycles. The lowest BCUT2D eigenvalue weighted by molar-refractivity contribution is 0.212. The van der Waals surface area contributed by atoms with Crippen LogP contribution in [0, 0.1) is 5.41 Å². The van der Waals surface area contributed by atoms with Gasteiger partial charge in [0.1, 0.15) is 5.75 Å². The Morgan fingerprint density at radius 1 is 1.31 bits per heavy atom. The summed E-state index contributed by atoms with van der Waals surface area (Å²) in [4.78, 5) is 0. The van der Waals surface area contributed by atoms with E-state index in [0.29, 0.717) is 6.54 Å². The van der Waals surface area contributed by atoms with E-state index < -0.39 is 0 Å². The molecule has 0 radical (unpaired) electrons. The highest BCUT2D eigenvalue weighted by Crippen LogP contribution is 2.24. The molecule has 90 valence electrons. The van der Waals surface area contributed by atoms with Crippen LogP contribution in [0.2, 0.25) is 0 Å². The van der Waals surface area contributed by atoms with Gasteiger partial charge in [-0.15, -0.1) is 0 Å². The van der Waals surface area contributed by atoms with Crippen LogP contribution in [-0.2, 0) is 0 Å². The van der Waals surface area contributed by atoms with Crippen LogP contribution in [0.3, 0.4) is 0 Å². The average molecular weight is 286 g/mol. The SMILES string of the molecule is CCC(C)(CN)CCOc1ccc(Br)cc1. The molecule has 16 heavy (non-hydrogen) atoms. The third-order valence-corrected chi connectivity index (χ3v) is 3.66. The summed E-state index contributed by atoms with van der Waals surface area (Å²) < 4.78 is 6.75. The van der Waals surface area contributed by atoms with Crippen molar-refractivity contribution in [1.82, 2.24) is 0 Å². The molecule has 0 amide bonds. The Labute approximate surface area is 106 Å². The molecule has 0 spiro atoms. The van der Waals surface area contributed by atoms with E-state index in [1.165, 1.54) is 0 Å². The summed E-state index contributed by atoms with van der Waals surface area (Å²) >= 11 is 3.40. The molecule has 2 N–H and O–H groups in total. The smallest absolute Gasteiger partial charge is 0.119 e. The van der Waals surface area contributed by atoms with Crippen molar-refractivity contribution >= 4 is 15.9 Å². The quantitative estimate of drug-likeness (QED) is 0.867. The van der Waals surface area contributed by atoms with Gasteiger partial charge < -0.3 is 10.5 Å². The first kappa shape index (κ1) is 13.5. The maximum Gasteiger partial charge on any atom is 0.119 e. The van der Waals surface area contributed by atoms with E-state index in [1.807, 2.05) is 24.3 Å². The Morgan fingerprint density at radius 3 is 2.44 bits per heavy atom. The first-order valence-electron chi connectivity index (χ1n) is 5.68. The molecule has 0 bridgehead atoms. The van der Waals surface area contributed by atoms with E-state index in [-0.39, 0.29) is 5.41 Å². The lowest BCUT2D eigenvalue weighted by atomic mass is 9.84. The molecule has 1 atom stereocenters. The number of hydrogen-bond donors (Lipinski definition) is 1. The van der Waals surface area contributed by atoms with Crippen molar-refractivity contribution < 1.29 is 4.74 Å². The first-order valence-corrected chi connectivity index (χ1v) is 6.47. The summed E-state index contributed by atoms with van der Waals surface area (Å²) in [5.74, 6) is 0.915. The van der Waals surface area contributed by atoms with Crippen LogP contribution in [0.25, 0.3) is 0 Å². The minimum Gasteiger partial charge on any atom is -0.494 e. The number of rotatable bonds is 6. The molecule has 0 aliphatic heterocycles. The number of halogens is 1. The summed E-state index contributed by atoms with van der Waals surface area (Å²) in [7, 11) is 0. The van der Waals surface area contributed by atoms with Gasteiger partial charge in [-0.3, -0.25) is 0 Å². The standard InChI is InChI=1S/C13H20BrNO/c1-3-13(2,10-15)8-9-16-12-6-4-11(14)5-7-12/h4-7H,3,8-10,15H2,1-2H3. The van der Waals surface area contributed by atoms with Crippen molar-refractivity contribution in [2.45, 2.75) is 26.7 Å². The number of ether oxygens (including phenoxy) is 1. The van der Waals surface area contributed by atoms with Gasteiger partial charge in [0, 0.05) is 4.47 Å². The largest absolute Gasteiger partial charge is 0.494 e. The Morgan fingerprint density at radius 2 is 1.94 bits per heavy atom. The molecular formula is C13H20BrNO. The van der Waals surface area contributed by atoms with E-state index in [1.54, 1.807) is 0 Å². The van der Waals surface area contributed by atoms with Gasteiger partial charge in [-0.2, -0.15) is 0 Å². The molecule has 2 nitrogen and oxygen atoms in total. The van der Waals surface area contributed by atoms with Crippen molar-refractivity contribution in [3.63, 3.8) is 0 Å². The van der Waals surface area contributed by atoms with Crippen LogP contribution in [0.15, 0.2) is 28.7 Å². The highest BCUT2D eigenvalue weighted by molar-refractivity contribution is 9.10. The minimum absolute atomic E-state index is 0.204. The monoisotopic (exact) mass is 285 g/mol. The molecule has 1 aromatic rings. The molecule has 0 aromatic heterocycles. The van der Waals surface area contributed by atoms with Crippen molar-refractivity contribution in [3.8, 4) is 5.75 Å². The zero-order valence-corrected chi connectivity index (χ0v) is 11.6. The van der Waals surface area contributed by atoms with Gasteiger partial charge in [0.2, 0.25) is 0 Å².